The highest BCUT2D eigenvalue weighted by atomic mass is 15.6. The summed E-state index contributed by atoms with van der Waals surface area (Å²) in [6, 6.07) is 9.58. The van der Waals surface area contributed by atoms with E-state index in [0.29, 0.717) is 6.04 Å². The van der Waals surface area contributed by atoms with Crippen LogP contribution in [0.2, 0.25) is 0 Å². The third-order valence-corrected chi connectivity index (χ3v) is 6.26. The fourth-order valence-corrected chi connectivity index (χ4v) is 4.52. The van der Waals surface area contributed by atoms with Crippen LogP contribution >= 0.6 is 0 Å². The van der Waals surface area contributed by atoms with Crippen molar-refractivity contribution in [3.05, 3.63) is 41.2 Å². The van der Waals surface area contributed by atoms with E-state index in [2.05, 4.69) is 63.2 Å². The molecule has 0 bridgehead atoms. The van der Waals surface area contributed by atoms with Crippen LogP contribution in [0.3, 0.4) is 0 Å². The monoisotopic (exact) mass is 353 g/mol. The van der Waals surface area contributed by atoms with Crippen molar-refractivity contribution in [1.82, 2.24) is 25.1 Å². The first-order chi connectivity index (χ1) is 12.7. The van der Waals surface area contributed by atoms with E-state index in [0.717, 1.165) is 24.8 Å². The van der Waals surface area contributed by atoms with Gasteiger partial charge >= 0.3 is 0 Å². The van der Waals surface area contributed by atoms with Crippen molar-refractivity contribution in [2.24, 2.45) is 5.92 Å². The van der Waals surface area contributed by atoms with Gasteiger partial charge in [-0.05, 0) is 67.6 Å². The average Bonchev–Trinajstić information content (AvgIpc) is 3.15. The zero-order valence-corrected chi connectivity index (χ0v) is 16.1. The van der Waals surface area contributed by atoms with Gasteiger partial charge in [0.05, 0.1) is 12.1 Å². The maximum atomic E-state index is 4.54. The number of tetrazole rings is 1. The van der Waals surface area contributed by atoms with Crippen molar-refractivity contribution in [3.63, 3.8) is 0 Å². The molecular weight excluding hydrogens is 322 g/mol. The van der Waals surface area contributed by atoms with Gasteiger partial charge in [-0.15, -0.1) is 5.10 Å². The molecule has 1 aromatic carbocycles. The summed E-state index contributed by atoms with van der Waals surface area (Å²) in [5.41, 5.74) is 2.61. The summed E-state index contributed by atoms with van der Waals surface area (Å²) in [4.78, 5) is 2.59. The minimum Gasteiger partial charge on any atom is -0.290 e. The van der Waals surface area contributed by atoms with E-state index in [1.807, 2.05) is 0 Å². The van der Waals surface area contributed by atoms with Gasteiger partial charge in [-0.2, -0.15) is 0 Å². The summed E-state index contributed by atoms with van der Waals surface area (Å²) in [5, 5.41) is 13.1. The molecule has 5 heteroatoms. The van der Waals surface area contributed by atoms with Crippen molar-refractivity contribution >= 4 is 0 Å². The van der Waals surface area contributed by atoms with Gasteiger partial charge in [0.25, 0.3) is 0 Å². The van der Waals surface area contributed by atoms with Crippen LogP contribution in [0.25, 0.3) is 0 Å². The molecule has 1 saturated carbocycles. The zero-order chi connectivity index (χ0) is 17.9. The second-order valence-corrected chi connectivity index (χ2v) is 8.31. The van der Waals surface area contributed by atoms with E-state index in [9.17, 15) is 0 Å². The van der Waals surface area contributed by atoms with E-state index in [1.54, 1.807) is 0 Å². The Hall–Kier alpha value is -1.75. The van der Waals surface area contributed by atoms with Gasteiger partial charge in [0.2, 0.25) is 0 Å². The van der Waals surface area contributed by atoms with Gasteiger partial charge in [0.15, 0.2) is 5.82 Å². The number of aromatic nitrogens is 4. The van der Waals surface area contributed by atoms with Crippen molar-refractivity contribution in [2.75, 3.05) is 13.1 Å². The smallest absolute Gasteiger partial charge is 0.173 e. The molecule has 1 unspecified atom stereocenters. The average molecular weight is 354 g/mol. The molecule has 1 saturated heterocycles. The highest BCUT2D eigenvalue weighted by Crippen LogP contribution is 2.35. The molecular formula is C21H31N5. The molecule has 1 aliphatic heterocycles. The molecule has 2 aliphatic rings. The third-order valence-electron chi connectivity index (χ3n) is 6.26. The van der Waals surface area contributed by atoms with Crippen molar-refractivity contribution in [2.45, 2.75) is 70.9 Å². The third kappa shape index (κ3) is 3.68. The predicted molar refractivity (Wildman–Crippen MR) is 103 cm³/mol. The summed E-state index contributed by atoms with van der Waals surface area (Å²) < 4.78 is 2.15. The Morgan fingerprint density at radius 3 is 2.35 bits per heavy atom. The second-order valence-electron chi connectivity index (χ2n) is 8.31. The lowest BCUT2D eigenvalue weighted by atomic mass is 9.93. The highest BCUT2D eigenvalue weighted by Gasteiger charge is 2.32. The number of benzene rings is 1. The summed E-state index contributed by atoms with van der Waals surface area (Å²) in [6.07, 6.45) is 8.85. The van der Waals surface area contributed by atoms with Crippen LogP contribution in [0, 0.1) is 12.8 Å². The minimum atomic E-state index is 0.167. The Labute approximate surface area is 156 Å². The van der Waals surface area contributed by atoms with Crippen LogP contribution in [0.4, 0.5) is 0 Å². The molecule has 0 N–H and O–H groups in total. The fourth-order valence-electron chi connectivity index (χ4n) is 4.52. The number of nitrogens with zero attached hydrogens (tertiary/aromatic N) is 5. The Kier molecular flexibility index (Phi) is 5.34. The van der Waals surface area contributed by atoms with Crippen LogP contribution in [-0.2, 0) is 0 Å². The fraction of sp³-hybridized carbons (Fsp3) is 0.667. The van der Waals surface area contributed by atoms with Crippen LogP contribution in [0.1, 0.15) is 80.9 Å². The molecule has 1 aliphatic carbocycles. The highest BCUT2D eigenvalue weighted by molar-refractivity contribution is 5.28. The molecule has 2 aromatic rings. The van der Waals surface area contributed by atoms with Gasteiger partial charge in [0.1, 0.15) is 0 Å². The molecule has 1 atom stereocenters. The van der Waals surface area contributed by atoms with Crippen molar-refractivity contribution in [3.8, 4) is 0 Å². The Morgan fingerprint density at radius 1 is 0.962 bits per heavy atom. The topological polar surface area (TPSA) is 46.8 Å². The van der Waals surface area contributed by atoms with Crippen LogP contribution in [0.15, 0.2) is 24.3 Å². The zero-order valence-electron chi connectivity index (χ0n) is 16.1. The van der Waals surface area contributed by atoms with Crippen LogP contribution in [-0.4, -0.2) is 38.2 Å². The summed E-state index contributed by atoms with van der Waals surface area (Å²) in [5.74, 6) is 1.86. The Morgan fingerprint density at radius 2 is 1.65 bits per heavy atom. The van der Waals surface area contributed by atoms with Crippen molar-refractivity contribution in [1.29, 1.82) is 0 Å². The number of hydrogen-bond donors (Lipinski definition) is 0. The lowest BCUT2D eigenvalue weighted by molar-refractivity contribution is 0.146. The standard InChI is InChI=1S/C21H31N5/c1-16-8-10-18(11-9-16)20(25-14-12-17(2)13-15-25)21-22-23-24-26(21)19-6-4-3-5-7-19/h8-11,17,19-20H,3-7,12-15H2,1-2H3. The van der Waals surface area contributed by atoms with E-state index < -0.39 is 0 Å². The SMILES string of the molecule is Cc1ccc(C(c2nnnn2C2CCCCC2)N2CCC(C)CC2)cc1. The maximum absolute atomic E-state index is 4.54. The van der Waals surface area contributed by atoms with E-state index in [1.165, 1.54) is 56.1 Å². The minimum absolute atomic E-state index is 0.167. The van der Waals surface area contributed by atoms with Crippen molar-refractivity contribution < 1.29 is 0 Å². The molecule has 1 aromatic heterocycles. The molecule has 2 heterocycles. The molecule has 4 rings (SSSR count). The van der Waals surface area contributed by atoms with Gasteiger partial charge in [-0.3, -0.25) is 4.90 Å². The molecule has 0 radical (unpaired) electrons. The molecule has 140 valence electrons. The predicted octanol–water partition coefficient (Wildman–Crippen LogP) is 4.31. The summed E-state index contributed by atoms with van der Waals surface area (Å²) in [6.45, 7) is 6.76. The van der Waals surface area contributed by atoms with Gasteiger partial charge < -0.3 is 0 Å². The number of rotatable bonds is 4. The molecule has 0 amide bonds. The lowest BCUT2D eigenvalue weighted by Crippen LogP contribution is -2.38. The number of piperidine rings is 1. The largest absolute Gasteiger partial charge is 0.290 e. The normalized spacial score (nSPS) is 21.8. The van der Waals surface area contributed by atoms with Gasteiger partial charge in [0, 0.05) is 0 Å². The van der Waals surface area contributed by atoms with E-state index in [4.69, 9.17) is 0 Å². The first kappa shape index (κ1) is 17.7. The molecule has 2 fully saturated rings. The second kappa shape index (κ2) is 7.87. The van der Waals surface area contributed by atoms with Gasteiger partial charge in [-0.25, -0.2) is 4.68 Å². The quantitative estimate of drug-likeness (QED) is 0.822. The Bertz CT molecular complexity index is 693. The molecule has 26 heavy (non-hydrogen) atoms. The van der Waals surface area contributed by atoms with E-state index in [-0.39, 0.29) is 6.04 Å². The Balaban J connectivity index is 1.69. The first-order valence-corrected chi connectivity index (χ1v) is 10.3. The number of aryl methyl sites for hydroxylation is 1. The van der Waals surface area contributed by atoms with Gasteiger partial charge in [-0.1, -0.05) is 56.0 Å². The van der Waals surface area contributed by atoms with E-state index >= 15 is 0 Å². The number of likely N-dealkylation sites (tertiary alicyclic amines) is 1. The lowest BCUT2D eigenvalue weighted by Gasteiger charge is -2.37. The van der Waals surface area contributed by atoms with Crippen LogP contribution < -0.4 is 0 Å². The first-order valence-electron chi connectivity index (χ1n) is 10.3. The maximum Gasteiger partial charge on any atom is 0.173 e. The molecule has 5 nitrogen and oxygen atoms in total. The van der Waals surface area contributed by atoms with Crippen LogP contribution in [0.5, 0.6) is 0 Å². The number of hydrogen-bond acceptors (Lipinski definition) is 4. The molecule has 0 spiro atoms. The summed E-state index contributed by atoms with van der Waals surface area (Å²) in [7, 11) is 0. The summed E-state index contributed by atoms with van der Waals surface area (Å²) >= 11 is 0.